The van der Waals surface area contributed by atoms with Crippen LogP contribution in [0.3, 0.4) is 0 Å². The largest absolute Gasteiger partial charge is 0.495 e. The van der Waals surface area contributed by atoms with E-state index >= 15 is 0 Å². The van der Waals surface area contributed by atoms with E-state index in [0.717, 1.165) is 0 Å². The Morgan fingerprint density at radius 3 is 2.67 bits per heavy atom. The lowest BCUT2D eigenvalue weighted by molar-refractivity contribution is -0.141. The molecule has 128 valence electrons. The van der Waals surface area contributed by atoms with Crippen LogP contribution in [0.4, 0.5) is 0 Å². The molecular weight excluding hydrogens is 338 g/mol. The van der Waals surface area contributed by atoms with E-state index in [1.807, 2.05) is 0 Å². The molecule has 1 aromatic carbocycles. The Morgan fingerprint density at radius 2 is 2.08 bits per heavy atom. The van der Waals surface area contributed by atoms with E-state index in [1.54, 1.807) is 13.0 Å². The summed E-state index contributed by atoms with van der Waals surface area (Å²) in [7, 11) is 1.44. The average Bonchev–Trinajstić information content (AvgIpc) is 2.51. The summed E-state index contributed by atoms with van der Waals surface area (Å²) in [6, 6.07) is 2.04. The maximum Gasteiger partial charge on any atom is 0.340 e. The number of ether oxygens (including phenoxy) is 1. The Balaban J connectivity index is 2.43. The van der Waals surface area contributed by atoms with E-state index in [1.165, 1.54) is 20.1 Å². The molecule has 0 fully saturated rings. The Kier molecular flexibility index (Phi) is 5.14. The number of benzene rings is 1. The summed E-state index contributed by atoms with van der Waals surface area (Å²) in [5.74, 6) is -1.38. The number of methoxy groups -OCH3 is 1. The normalized spacial score (nSPS) is 12.0. The number of carbonyl (C=O) groups is 2. The molecule has 0 spiro atoms. The van der Waals surface area contributed by atoms with Gasteiger partial charge in [-0.25, -0.2) is 4.79 Å². The zero-order chi connectivity index (χ0) is 18.0. The van der Waals surface area contributed by atoms with Gasteiger partial charge in [0.2, 0.25) is 5.91 Å². The second kappa shape index (κ2) is 6.92. The first-order valence-corrected chi connectivity index (χ1v) is 7.44. The molecule has 0 saturated carbocycles. The van der Waals surface area contributed by atoms with Gasteiger partial charge in [0.1, 0.15) is 17.4 Å². The molecule has 24 heavy (non-hydrogen) atoms. The number of hydrogen-bond acceptors (Lipinski definition) is 5. The Hall–Kier alpha value is -2.54. The van der Waals surface area contributed by atoms with Gasteiger partial charge in [0.15, 0.2) is 0 Å². The fourth-order valence-electron chi connectivity index (χ4n) is 2.27. The molecule has 1 aromatic heterocycles. The number of carboxylic acid groups (broad SMARTS) is 1. The van der Waals surface area contributed by atoms with Crippen molar-refractivity contribution in [2.24, 2.45) is 0 Å². The van der Waals surface area contributed by atoms with Gasteiger partial charge in [-0.05, 0) is 25.5 Å². The van der Waals surface area contributed by atoms with Gasteiger partial charge in [0.05, 0.1) is 24.1 Å². The molecule has 1 atom stereocenters. The van der Waals surface area contributed by atoms with Crippen molar-refractivity contribution < 1.29 is 23.8 Å². The fraction of sp³-hybridized carbons (Fsp3) is 0.312. The minimum Gasteiger partial charge on any atom is -0.495 e. The van der Waals surface area contributed by atoms with Gasteiger partial charge in [0.25, 0.3) is 0 Å². The number of aliphatic carboxylic acids is 1. The molecule has 1 unspecified atom stereocenters. The first-order chi connectivity index (χ1) is 11.2. The molecule has 0 aliphatic heterocycles. The SMILES string of the molecule is COc1cc2oc(=O)c(CC(=O)NC(C)C(=O)O)c(C)c2cc1Cl. The highest BCUT2D eigenvalue weighted by molar-refractivity contribution is 6.32. The third-order valence-electron chi connectivity index (χ3n) is 3.64. The molecule has 1 heterocycles. The van der Waals surface area contributed by atoms with Crippen LogP contribution in [0, 0.1) is 6.92 Å². The Labute approximate surface area is 142 Å². The van der Waals surface area contributed by atoms with Gasteiger partial charge < -0.3 is 19.6 Å². The number of aryl methyl sites for hydroxylation is 1. The molecule has 8 heteroatoms. The molecule has 7 nitrogen and oxygen atoms in total. The Morgan fingerprint density at radius 1 is 1.42 bits per heavy atom. The summed E-state index contributed by atoms with van der Waals surface area (Å²) in [5, 5.41) is 12.0. The maximum absolute atomic E-state index is 12.2. The fourth-order valence-corrected chi connectivity index (χ4v) is 2.51. The third kappa shape index (κ3) is 3.51. The number of rotatable bonds is 5. The first kappa shape index (κ1) is 17.8. The molecule has 0 saturated heterocycles. The monoisotopic (exact) mass is 353 g/mol. The van der Waals surface area contributed by atoms with E-state index in [-0.39, 0.29) is 12.0 Å². The molecular formula is C16H16ClNO6. The molecule has 0 aliphatic rings. The van der Waals surface area contributed by atoms with Crippen molar-refractivity contribution in [3.63, 3.8) is 0 Å². The summed E-state index contributed by atoms with van der Waals surface area (Å²) < 4.78 is 10.3. The molecule has 1 amide bonds. The molecule has 0 radical (unpaired) electrons. The Bertz CT molecular complexity index is 873. The lowest BCUT2D eigenvalue weighted by atomic mass is 10.0. The first-order valence-electron chi connectivity index (χ1n) is 7.06. The lowest BCUT2D eigenvalue weighted by Crippen LogP contribution is -2.39. The minimum absolute atomic E-state index is 0.152. The van der Waals surface area contributed by atoms with Crippen molar-refractivity contribution in [2.75, 3.05) is 7.11 Å². The van der Waals surface area contributed by atoms with Gasteiger partial charge >= 0.3 is 11.6 Å². The zero-order valence-corrected chi connectivity index (χ0v) is 14.1. The average molecular weight is 354 g/mol. The number of fused-ring (bicyclic) bond motifs is 1. The number of nitrogens with one attached hydrogen (secondary N) is 1. The number of halogens is 1. The predicted molar refractivity (Wildman–Crippen MR) is 87.7 cm³/mol. The topological polar surface area (TPSA) is 106 Å². The molecule has 2 aromatic rings. The quantitative estimate of drug-likeness (QED) is 0.795. The van der Waals surface area contributed by atoms with Crippen LogP contribution in [-0.4, -0.2) is 30.1 Å². The van der Waals surface area contributed by atoms with Crippen LogP contribution in [0.1, 0.15) is 18.1 Å². The van der Waals surface area contributed by atoms with Crippen LogP contribution in [0.25, 0.3) is 11.0 Å². The standard InChI is InChI=1S/C16H16ClNO6/c1-7-9-4-11(17)13(23-3)6-12(9)24-16(22)10(7)5-14(19)18-8(2)15(20)21/h4,6,8H,5H2,1-3H3,(H,18,19)(H,20,21). The van der Waals surface area contributed by atoms with E-state index in [4.69, 9.17) is 25.9 Å². The van der Waals surface area contributed by atoms with Crippen LogP contribution in [0.15, 0.2) is 21.3 Å². The number of carbonyl (C=O) groups excluding carboxylic acids is 1. The van der Waals surface area contributed by atoms with Crippen LogP contribution < -0.4 is 15.7 Å². The molecule has 0 aliphatic carbocycles. The van der Waals surface area contributed by atoms with Gasteiger partial charge in [-0.2, -0.15) is 0 Å². The van der Waals surface area contributed by atoms with E-state index in [0.29, 0.717) is 27.3 Å². The maximum atomic E-state index is 12.2. The van der Waals surface area contributed by atoms with Crippen molar-refractivity contribution in [3.05, 3.63) is 38.7 Å². The molecule has 2 rings (SSSR count). The van der Waals surface area contributed by atoms with E-state index in [9.17, 15) is 14.4 Å². The number of hydrogen-bond donors (Lipinski definition) is 2. The van der Waals surface area contributed by atoms with Crippen molar-refractivity contribution in [3.8, 4) is 5.75 Å². The lowest BCUT2D eigenvalue weighted by Gasteiger charge is -2.12. The van der Waals surface area contributed by atoms with Crippen molar-refractivity contribution >= 4 is 34.4 Å². The number of amides is 1. The molecule has 2 N–H and O–H groups in total. The van der Waals surface area contributed by atoms with Crippen molar-refractivity contribution in [2.45, 2.75) is 26.3 Å². The second-order valence-corrected chi connectivity index (χ2v) is 5.69. The third-order valence-corrected chi connectivity index (χ3v) is 3.94. The predicted octanol–water partition coefficient (Wildman–Crippen LogP) is 1.90. The number of carboxylic acids is 1. The minimum atomic E-state index is -1.16. The summed E-state index contributed by atoms with van der Waals surface area (Å²) in [4.78, 5) is 34.9. The van der Waals surface area contributed by atoms with Crippen LogP contribution in [0.2, 0.25) is 5.02 Å². The van der Waals surface area contributed by atoms with Gasteiger partial charge in [0, 0.05) is 11.5 Å². The highest BCUT2D eigenvalue weighted by Gasteiger charge is 2.19. The summed E-state index contributed by atoms with van der Waals surface area (Å²) >= 11 is 6.09. The summed E-state index contributed by atoms with van der Waals surface area (Å²) in [6.07, 6.45) is -0.286. The molecule has 0 bridgehead atoms. The van der Waals surface area contributed by atoms with E-state index < -0.39 is 23.5 Å². The zero-order valence-electron chi connectivity index (χ0n) is 13.3. The van der Waals surface area contributed by atoms with Crippen LogP contribution >= 0.6 is 11.6 Å². The van der Waals surface area contributed by atoms with Crippen LogP contribution in [0.5, 0.6) is 5.75 Å². The van der Waals surface area contributed by atoms with Gasteiger partial charge in [-0.3, -0.25) is 9.59 Å². The summed E-state index contributed by atoms with van der Waals surface area (Å²) in [6.45, 7) is 3.01. The van der Waals surface area contributed by atoms with Crippen molar-refractivity contribution in [1.82, 2.24) is 5.32 Å². The highest BCUT2D eigenvalue weighted by atomic mass is 35.5. The highest BCUT2D eigenvalue weighted by Crippen LogP contribution is 2.31. The summed E-state index contributed by atoms with van der Waals surface area (Å²) in [5.41, 5.74) is 0.326. The van der Waals surface area contributed by atoms with Crippen LogP contribution in [-0.2, 0) is 16.0 Å². The van der Waals surface area contributed by atoms with Crippen molar-refractivity contribution in [1.29, 1.82) is 0 Å². The van der Waals surface area contributed by atoms with Gasteiger partial charge in [-0.15, -0.1) is 0 Å². The smallest absolute Gasteiger partial charge is 0.340 e. The van der Waals surface area contributed by atoms with Gasteiger partial charge in [-0.1, -0.05) is 11.6 Å². The second-order valence-electron chi connectivity index (χ2n) is 5.28. The van der Waals surface area contributed by atoms with E-state index in [2.05, 4.69) is 5.32 Å².